The quantitative estimate of drug-likeness (QED) is 0.520. The van der Waals surface area contributed by atoms with Crippen LogP contribution in [0.5, 0.6) is 23.1 Å². The van der Waals surface area contributed by atoms with Gasteiger partial charge in [-0.25, -0.2) is 14.3 Å². The molecule has 0 aliphatic heterocycles. The van der Waals surface area contributed by atoms with Gasteiger partial charge in [-0.1, -0.05) is 13.3 Å². The molecule has 0 radical (unpaired) electrons. The Labute approximate surface area is 179 Å². The summed E-state index contributed by atoms with van der Waals surface area (Å²) >= 11 is 0. The van der Waals surface area contributed by atoms with E-state index < -0.39 is 6.09 Å². The summed E-state index contributed by atoms with van der Waals surface area (Å²) in [5.74, 6) is 2.26. The fourth-order valence-corrected chi connectivity index (χ4v) is 3.06. The molecule has 2 aromatic heterocycles. The summed E-state index contributed by atoms with van der Waals surface area (Å²) < 4.78 is 23.4. The molecule has 0 fully saturated rings. The van der Waals surface area contributed by atoms with E-state index in [2.05, 4.69) is 10.1 Å². The van der Waals surface area contributed by atoms with Crippen LogP contribution in [0.4, 0.5) is 10.6 Å². The van der Waals surface area contributed by atoms with E-state index in [1.165, 1.54) is 9.42 Å². The fourth-order valence-electron chi connectivity index (χ4n) is 3.06. The molecule has 31 heavy (non-hydrogen) atoms. The van der Waals surface area contributed by atoms with Gasteiger partial charge in [-0.2, -0.15) is 0 Å². The third-order valence-corrected chi connectivity index (χ3v) is 4.64. The summed E-state index contributed by atoms with van der Waals surface area (Å²) in [7, 11) is 4.65. The maximum Gasteiger partial charge on any atom is 0.413 e. The normalized spacial score (nSPS) is 10.7. The van der Waals surface area contributed by atoms with Crippen molar-refractivity contribution < 1.29 is 28.8 Å². The van der Waals surface area contributed by atoms with Crippen LogP contribution in [-0.2, 0) is 6.61 Å². The first kappa shape index (κ1) is 22.0. The number of ether oxygens (including phenoxy) is 4. The van der Waals surface area contributed by atoms with Crippen molar-refractivity contribution in [1.82, 2.24) is 14.6 Å². The number of carbonyl (C=O) groups is 1. The smallest absolute Gasteiger partial charge is 0.413 e. The second-order valence-electron chi connectivity index (χ2n) is 6.68. The van der Waals surface area contributed by atoms with Crippen molar-refractivity contribution in [3.63, 3.8) is 0 Å². The van der Waals surface area contributed by atoms with Gasteiger partial charge in [0, 0.05) is 12.6 Å². The van der Waals surface area contributed by atoms with Gasteiger partial charge in [-0.05, 0) is 30.2 Å². The average Bonchev–Trinajstić information content (AvgIpc) is 3.19. The molecule has 0 atom stereocenters. The Morgan fingerprint density at radius 3 is 2.42 bits per heavy atom. The van der Waals surface area contributed by atoms with Gasteiger partial charge < -0.3 is 24.1 Å². The minimum absolute atomic E-state index is 0.217. The van der Waals surface area contributed by atoms with Crippen LogP contribution in [0.2, 0.25) is 0 Å². The lowest BCUT2D eigenvalue weighted by molar-refractivity contribution is 0.201. The van der Waals surface area contributed by atoms with Crippen molar-refractivity contribution in [3.8, 4) is 23.1 Å². The van der Waals surface area contributed by atoms with Gasteiger partial charge >= 0.3 is 6.09 Å². The molecular weight excluding hydrogens is 404 g/mol. The zero-order valence-electron chi connectivity index (χ0n) is 18.0. The number of hydrogen-bond acceptors (Lipinski definition) is 7. The molecule has 1 amide bonds. The number of aromatic nitrogens is 3. The summed E-state index contributed by atoms with van der Waals surface area (Å²) in [6.07, 6.45) is 2.16. The topological polar surface area (TPSA) is 108 Å². The minimum Gasteiger partial charge on any atom is -0.493 e. The Hall–Kier alpha value is -3.69. The number of carboxylic acid groups (broad SMARTS) is 1. The molecule has 0 unspecified atom stereocenters. The number of methoxy groups -OCH3 is 3. The van der Waals surface area contributed by atoms with E-state index >= 15 is 0 Å². The van der Waals surface area contributed by atoms with Crippen molar-refractivity contribution >= 4 is 17.6 Å². The van der Waals surface area contributed by atoms with Crippen LogP contribution in [0.25, 0.3) is 5.65 Å². The van der Waals surface area contributed by atoms with Gasteiger partial charge in [0.2, 0.25) is 11.6 Å². The lowest BCUT2D eigenvalue weighted by atomic mass is 10.2. The summed E-state index contributed by atoms with van der Waals surface area (Å²) in [6, 6.07) is 7.00. The number of amides is 1. The zero-order chi connectivity index (χ0) is 22.4. The summed E-state index contributed by atoms with van der Waals surface area (Å²) in [5, 5.41) is 13.8. The van der Waals surface area contributed by atoms with Gasteiger partial charge in [0.15, 0.2) is 23.0 Å². The Kier molecular flexibility index (Phi) is 7.01. The molecule has 1 aromatic carbocycles. The third-order valence-electron chi connectivity index (χ3n) is 4.64. The van der Waals surface area contributed by atoms with Gasteiger partial charge in [0.25, 0.3) is 0 Å². The number of hydrogen-bond donors (Lipinski definition) is 1. The number of fused-ring (bicyclic) bond motifs is 1. The maximum atomic E-state index is 11.6. The van der Waals surface area contributed by atoms with Crippen LogP contribution >= 0.6 is 0 Å². The van der Waals surface area contributed by atoms with Crippen LogP contribution in [0.3, 0.4) is 0 Å². The van der Waals surface area contributed by atoms with E-state index in [1.807, 2.05) is 6.92 Å². The third kappa shape index (κ3) is 4.90. The van der Waals surface area contributed by atoms with Crippen LogP contribution in [0, 0.1) is 0 Å². The molecule has 0 saturated heterocycles. The minimum atomic E-state index is -1.05. The Morgan fingerprint density at radius 2 is 1.84 bits per heavy atom. The molecule has 10 nitrogen and oxygen atoms in total. The van der Waals surface area contributed by atoms with Crippen molar-refractivity contribution in [3.05, 3.63) is 36.0 Å². The van der Waals surface area contributed by atoms with Crippen LogP contribution in [0.1, 0.15) is 25.3 Å². The molecule has 0 saturated carbocycles. The predicted molar refractivity (Wildman–Crippen MR) is 114 cm³/mol. The lowest BCUT2D eigenvalue weighted by Gasteiger charge is -2.15. The Morgan fingerprint density at radius 1 is 1.13 bits per heavy atom. The molecule has 0 aliphatic rings. The molecule has 10 heteroatoms. The lowest BCUT2D eigenvalue weighted by Crippen LogP contribution is -2.30. The summed E-state index contributed by atoms with van der Waals surface area (Å²) in [4.78, 5) is 17.1. The first-order chi connectivity index (χ1) is 15.0. The standard InChI is InChI=1S/C21H26N4O6/c1-5-6-9-24(21(26)27)18-12-25-17(22-18)7-8-19(23-25)31-13-14-10-15(28-2)20(30-4)16(11-14)29-3/h7-8,10-12H,5-6,9,13H2,1-4H3,(H,26,27). The highest BCUT2D eigenvalue weighted by molar-refractivity contribution is 5.85. The number of benzene rings is 1. The highest BCUT2D eigenvalue weighted by Gasteiger charge is 2.18. The van der Waals surface area contributed by atoms with Crippen LogP contribution in [-0.4, -0.2) is 53.7 Å². The fraction of sp³-hybridized carbons (Fsp3) is 0.381. The van der Waals surface area contributed by atoms with E-state index in [4.69, 9.17) is 18.9 Å². The molecule has 0 aliphatic carbocycles. The van der Waals surface area contributed by atoms with Crippen molar-refractivity contribution in [2.75, 3.05) is 32.8 Å². The van der Waals surface area contributed by atoms with Crippen LogP contribution < -0.4 is 23.8 Å². The number of anilines is 1. The van der Waals surface area contributed by atoms with Crippen LogP contribution in [0.15, 0.2) is 30.5 Å². The molecule has 0 bridgehead atoms. The summed E-state index contributed by atoms with van der Waals surface area (Å²) in [6.45, 7) is 2.59. The van der Waals surface area contributed by atoms with Gasteiger partial charge in [-0.3, -0.25) is 4.90 Å². The van der Waals surface area contributed by atoms with E-state index in [-0.39, 0.29) is 6.61 Å². The number of unbranched alkanes of at least 4 members (excludes halogenated alkanes) is 1. The van der Waals surface area contributed by atoms with Gasteiger partial charge in [-0.15, -0.1) is 5.10 Å². The first-order valence-electron chi connectivity index (χ1n) is 9.79. The van der Waals surface area contributed by atoms with Gasteiger partial charge in [0.1, 0.15) is 6.61 Å². The molecule has 1 N–H and O–H groups in total. The molecule has 166 valence electrons. The largest absolute Gasteiger partial charge is 0.493 e. The molecule has 3 aromatic rings. The van der Waals surface area contributed by atoms with Crippen molar-refractivity contribution in [2.45, 2.75) is 26.4 Å². The number of nitrogens with zero attached hydrogens (tertiary/aromatic N) is 4. The predicted octanol–water partition coefficient (Wildman–Crippen LogP) is 3.62. The molecule has 2 heterocycles. The zero-order valence-corrected chi connectivity index (χ0v) is 18.0. The molecule has 0 spiro atoms. The van der Waals surface area contributed by atoms with E-state index in [0.717, 1.165) is 18.4 Å². The van der Waals surface area contributed by atoms with Gasteiger partial charge in [0.05, 0.1) is 27.5 Å². The van der Waals surface area contributed by atoms with E-state index in [0.29, 0.717) is 41.1 Å². The maximum absolute atomic E-state index is 11.6. The van der Waals surface area contributed by atoms with Crippen molar-refractivity contribution in [2.24, 2.45) is 0 Å². The highest BCUT2D eigenvalue weighted by atomic mass is 16.5. The van der Waals surface area contributed by atoms with Crippen molar-refractivity contribution in [1.29, 1.82) is 0 Å². The number of rotatable bonds is 10. The average molecular weight is 430 g/mol. The van der Waals surface area contributed by atoms with E-state index in [9.17, 15) is 9.90 Å². The monoisotopic (exact) mass is 430 g/mol. The molecular formula is C21H26N4O6. The Bertz CT molecular complexity index is 1030. The number of imidazole rings is 1. The SMILES string of the molecule is CCCCN(C(=O)O)c1cn2nc(OCc3cc(OC)c(OC)c(OC)c3)ccc2n1. The second-order valence-corrected chi connectivity index (χ2v) is 6.68. The molecule has 3 rings (SSSR count). The highest BCUT2D eigenvalue weighted by Crippen LogP contribution is 2.38. The first-order valence-corrected chi connectivity index (χ1v) is 9.79. The Balaban J connectivity index is 1.79. The second kappa shape index (κ2) is 9.88. The van der Waals surface area contributed by atoms with E-state index in [1.54, 1.807) is 51.8 Å². The summed E-state index contributed by atoms with van der Waals surface area (Å²) in [5.41, 5.74) is 1.33.